The molecule has 0 aliphatic carbocycles. The van der Waals surface area contributed by atoms with E-state index < -0.39 is 0 Å². The molecule has 0 atom stereocenters. The number of nitrogens with zero attached hydrogens (tertiary/aromatic N) is 3. The molecule has 1 saturated heterocycles. The summed E-state index contributed by atoms with van der Waals surface area (Å²) in [6.07, 6.45) is 2.37. The third kappa shape index (κ3) is 10.3. The molecule has 1 aliphatic rings. The molecule has 1 aromatic carbocycles. The molecular formula is C22H40IN5O2. The molecule has 0 unspecified atom stereocenters. The van der Waals surface area contributed by atoms with Crippen LogP contribution in [0, 0.1) is 6.92 Å². The molecule has 0 amide bonds. The fourth-order valence-electron chi connectivity index (χ4n) is 3.41. The van der Waals surface area contributed by atoms with Crippen LogP contribution in [0.5, 0.6) is 5.75 Å². The Labute approximate surface area is 199 Å². The monoisotopic (exact) mass is 533 g/mol. The minimum atomic E-state index is 0. The summed E-state index contributed by atoms with van der Waals surface area (Å²) < 4.78 is 11.0. The number of benzene rings is 1. The predicted octanol–water partition coefficient (Wildman–Crippen LogP) is 2.33. The Balaban J connectivity index is 0.00000450. The maximum absolute atomic E-state index is 5.87. The first-order valence-electron chi connectivity index (χ1n) is 10.7. The van der Waals surface area contributed by atoms with Crippen molar-refractivity contribution in [3.05, 3.63) is 29.3 Å². The van der Waals surface area contributed by atoms with E-state index in [2.05, 4.69) is 57.6 Å². The number of aliphatic imine (C=N–C) groups is 1. The smallest absolute Gasteiger partial charge is 0.191 e. The van der Waals surface area contributed by atoms with Gasteiger partial charge in [0.15, 0.2) is 5.96 Å². The summed E-state index contributed by atoms with van der Waals surface area (Å²) in [5.41, 5.74) is 2.30. The van der Waals surface area contributed by atoms with Gasteiger partial charge in [-0.15, -0.1) is 24.0 Å². The van der Waals surface area contributed by atoms with Crippen LogP contribution in [0.1, 0.15) is 24.0 Å². The summed E-state index contributed by atoms with van der Waals surface area (Å²) in [6, 6.07) is 6.28. The maximum atomic E-state index is 5.87. The molecule has 1 aliphatic heterocycles. The molecule has 7 nitrogen and oxygen atoms in total. The summed E-state index contributed by atoms with van der Waals surface area (Å²) in [5, 5.41) is 6.83. The topological polar surface area (TPSA) is 61.4 Å². The van der Waals surface area contributed by atoms with Crippen molar-refractivity contribution in [2.24, 2.45) is 4.99 Å². The lowest BCUT2D eigenvalue weighted by atomic mass is 10.1. The Morgan fingerprint density at radius 1 is 1.13 bits per heavy atom. The molecular weight excluding hydrogens is 493 g/mol. The SMILES string of the molecule is CN=C(NCCCN1CCCN(C)CC1)NCc1ccc(C)cc1OCCOC.I. The highest BCUT2D eigenvalue weighted by Crippen LogP contribution is 2.20. The fourth-order valence-corrected chi connectivity index (χ4v) is 3.41. The molecule has 172 valence electrons. The first kappa shape index (κ1) is 26.9. The van der Waals surface area contributed by atoms with Crippen molar-refractivity contribution in [3.8, 4) is 5.75 Å². The second-order valence-corrected chi connectivity index (χ2v) is 7.66. The van der Waals surface area contributed by atoms with Gasteiger partial charge in [0.1, 0.15) is 12.4 Å². The lowest BCUT2D eigenvalue weighted by Crippen LogP contribution is -2.38. The Kier molecular flexibility index (Phi) is 14.1. The van der Waals surface area contributed by atoms with E-state index in [1.807, 2.05) is 7.05 Å². The lowest BCUT2D eigenvalue weighted by molar-refractivity contribution is 0.145. The number of rotatable bonds is 10. The molecule has 1 fully saturated rings. The van der Waals surface area contributed by atoms with Crippen molar-refractivity contribution < 1.29 is 9.47 Å². The molecule has 1 aromatic rings. The molecule has 0 bridgehead atoms. The summed E-state index contributed by atoms with van der Waals surface area (Å²) in [4.78, 5) is 9.33. The van der Waals surface area contributed by atoms with Crippen molar-refractivity contribution in [2.45, 2.75) is 26.3 Å². The van der Waals surface area contributed by atoms with Crippen LogP contribution in [-0.4, -0.2) is 89.4 Å². The number of guanidine groups is 1. The first-order chi connectivity index (χ1) is 14.1. The Hall–Kier alpha value is -1.10. The van der Waals surface area contributed by atoms with E-state index in [4.69, 9.17) is 9.47 Å². The summed E-state index contributed by atoms with van der Waals surface area (Å²) in [6.45, 7) is 10.7. The highest BCUT2D eigenvalue weighted by atomic mass is 127. The molecule has 2 rings (SSSR count). The third-order valence-electron chi connectivity index (χ3n) is 5.19. The van der Waals surface area contributed by atoms with Gasteiger partial charge >= 0.3 is 0 Å². The number of likely N-dealkylation sites (N-methyl/N-ethyl adjacent to an activating group) is 1. The van der Waals surface area contributed by atoms with Crippen LogP contribution >= 0.6 is 24.0 Å². The lowest BCUT2D eigenvalue weighted by Gasteiger charge is -2.20. The quantitative estimate of drug-likeness (QED) is 0.209. The van der Waals surface area contributed by atoms with Gasteiger partial charge in [0.25, 0.3) is 0 Å². The minimum absolute atomic E-state index is 0. The van der Waals surface area contributed by atoms with Crippen molar-refractivity contribution in [1.82, 2.24) is 20.4 Å². The maximum Gasteiger partial charge on any atom is 0.191 e. The number of nitrogens with one attached hydrogen (secondary N) is 2. The summed E-state index contributed by atoms with van der Waals surface area (Å²) >= 11 is 0. The standard InChI is InChI=1S/C22H39N5O2.HI/c1-19-7-8-20(21(17-19)29-16-15-28-4)18-25-22(23-2)24-9-5-11-27-12-6-10-26(3)13-14-27;/h7-8,17H,5-6,9-16,18H2,1-4H3,(H2,23,24,25);1H. The number of ether oxygens (including phenoxy) is 2. The van der Waals surface area contributed by atoms with E-state index in [0.717, 1.165) is 36.8 Å². The summed E-state index contributed by atoms with van der Waals surface area (Å²) in [7, 11) is 5.71. The Morgan fingerprint density at radius 2 is 1.97 bits per heavy atom. The zero-order valence-corrected chi connectivity index (χ0v) is 21.4. The van der Waals surface area contributed by atoms with E-state index in [1.54, 1.807) is 7.11 Å². The number of aryl methyl sites for hydroxylation is 1. The van der Waals surface area contributed by atoms with Crippen molar-refractivity contribution in [3.63, 3.8) is 0 Å². The van der Waals surface area contributed by atoms with Crippen molar-refractivity contribution in [2.75, 3.05) is 73.7 Å². The van der Waals surface area contributed by atoms with Gasteiger partial charge in [-0.1, -0.05) is 12.1 Å². The normalized spacial score (nSPS) is 15.9. The van der Waals surface area contributed by atoms with E-state index in [0.29, 0.717) is 19.8 Å². The fraction of sp³-hybridized carbons (Fsp3) is 0.682. The van der Waals surface area contributed by atoms with E-state index in [1.165, 1.54) is 38.2 Å². The van der Waals surface area contributed by atoms with Gasteiger partial charge in [-0.3, -0.25) is 4.99 Å². The molecule has 0 spiro atoms. The number of halogens is 1. The zero-order chi connectivity index (χ0) is 20.9. The minimum Gasteiger partial charge on any atom is -0.491 e. The van der Waals surface area contributed by atoms with E-state index in [-0.39, 0.29) is 24.0 Å². The van der Waals surface area contributed by atoms with Crippen LogP contribution in [0.25, 0.3) is 0 Å². The number of methoxy groups -OCH3 is 1. The highest BCUT2D eigenvalue weighted by Gasteiger charge is 2.11. The second kappa shape index (κ2) is 15.7. The summed E-state index contributed by atoms with van der Waals surface area (Å²) in [5.74, 6) is 1.72. The van der Waals surface area contributed by atoms with Crippen LogP contribution in [-0.2, 0) is 11.3 Å². The molecule has 8 heteroatoms. The van der Waals surface area contributed by atoms with Crippen LogP contribution in [0.15, 0.2) is 23.2 Å². The van der Waals surface area contributed by atoms with Gasteiger partial charge in [-0.2, -0.15) is 0 Å². The average Bonchev–Trinajstić information content (AvgIpc) is 2.93. The molecule has 0 radical (unpaired) electrons. The number of hydrogen-bond donors (Lipinski definition) is 2. The van der Waals surface area contributed by atoms with Gasteiger partial charge in [-0.05, 0) is 58.1 Å². The third-order valence-corrected chi connectivity index (χ3v) is 5.19. The largest absolute Gasteiger partial charge is 0.491 e. The molecule has 0 saturated carbocycles. The van der Waals surface area contributed by atoms with E-state index >= 15 is 0 Å². The van der Waals surface area contributed by atoms with Crippen molar-refractivity contribution in [1.29, 1.82) is 0 Å². The molecule has 2 N–H and O–H groups in total. The van der Waals surface area contributed by atoms with Crippen molar-refractivity contribution >= 4 is 29.9 Å². The number of hydrogen-bond acceptors (Lipinski definition) is 5. The second-order valence-electron chi connectivity index (χ2n) is 7.66. The first-order valence-corrected chi connectivity index (χ1v) is 10.7. The van der Waals surface area contributed by atoms with Gasteiger partial charge < -0.3 is 29.9 Å². The predicted molar refractivity (Wildman–Crippen MR) is 135 cm³/mol. The van der Waals surface area contributed by atoms with Gasteiger partial charge in [0.05, 0.1) is 6.61 Å². The van der Waals surface area contributed by atoms with Crippen LogP contribution < -0.4 is 15.4 Å². The zero-order valence-electron chi connectivity index (χ0n) is 19.1. The van der Waals surface area contributed by atoms with E-state index in [9.17, 15) is 0 Å². The Morgan fingerprint density at radius 3 is 2.73 bits per heavy atom. The van der Waals surface area contributed by atoms with Crippen LogP contribution in [0.2, 0.25) is 0 Å². The molecule has 0 aromatic heterocycles. The highest BCUT2D eigenvalue weighted by molar-refractivity contribution is 14.0. The molecule has 1 heterocycles. The van der Waals surface area contributed by atoms with Crippen LogP contribution in [0.4, 0.5) is 0 Å². The van der Waals surface area contributed by atoms with Gasteiger partial charge in [0.2, 0.25) is 0 Å². The average molecular weight is 533 g/mol. The van der Waals surface area contributed by atoms with Gasteiger partial charge in [-0.25, -0.2) is 0 Å². The Bertz CT molecular complexity index is 630. The van der Waals surface area contributed by atoms with Crippen LogP contribution in [0.3, 0.4) is 0 Å². The molecule has 30 heavy (non-hydrogen) atoms. The van der Waals surface area contributed by atoms with Gasteiger partial charge in [0, 0.05) is 45.9 Å².